The molecule has 1 aliphatic carbocycles. The predicted octanol–water partition coefficient (Wildman–Crippen LogP) is 3.16. The Kier molecular flexibility index (Phi) is 5.18. The second-order valence-electron chi connectivity index (χ2n) is 5.89. The first-order valence-corrected chi connectivity index (χ1v) is 7.66. The van der Waals surface area contributed by atoms with Crippen molar-refractivity contribution in [3.05, 3.63) is 29.3 Å². The Morgan fingerprint density at radius 1 is 1.40 bits per heavy atom. The van der Waals surface area contributed by atoms with Gasteiger partial charge in [-0.25, -0.2) is 0 Å². The second-order valence-corrected chi connectivity index (χ2v) is 5.89. The molecule has 3 heteroatoms. The number of nitrogens with one attached hydrogen (secondary N) is 1. The first-order chi connectivity index (χ1) is 9.65. The van der Waals surface area contributed by atoms with Crippen LogP contribution >= 0.6 is 0 Å². The highest BCUT2D eigenvalue weighted by atomic mass is 16.3. The number of hydrogen-bond donors (Lipinski definition) is 2. The number of phenolic OH excluding ortho intramolecular Hbond substituents is 1. The van der Waals surface area contributed by atoms with Crippen LogP contribution in [0.15, 0.2) is 18.2 Å². The maximum atomic E-state index is 12.4. The molecule has 0 aromatic heterocycles. The molecule has 1 aromatic rings. The summed E-state index contributed by atoms with van der Waals surface area (Å²) in [5.74, 6) is 1.14. The average molecular weight is 275 g/mol. The number of ketones is 1. The lowest BCUT2D eigenvalue weighted by Crippen LogP contribution is -2.19. The van der Waals surface area contributed by atoms with E-state index in [1.165, 1.54) is 12.8 Å². The molecule has 0 fully saturated rings. The van der Waals surface area contributed by atoms with E-state index in [9.17, 15) is 9.90 Å². The Bertz CT molecular complexity index is 470. The Labute approximate surface area is 121 Å². The fraction of sp³-hybridized carbons (Fsp3) is 0.588. The van der Waals surface area contributed by atoms with Gasteiger partial charge in [-0.2, -0.15) is 0 Å². The molecular formula is C17H25NO2. The molecule has 2 N–H and O–H groups in total. The molecule has 3 nitrogen and oxygen atoms in total. The molecule has 0 spiro atoms. The largest absolute Gasteiger partial charge is 0.508 e. The lowest BCUT2D eigenvalue weighted by molar-refractivity contribution is 0.0915. The normalized spacial score (nSPS) is 19.1. The van der Waals surface area contributed by atoms with Crippen molar-refractivity contribution in [3.8, 4) is 5.75 Å². The smallest absolute Gasteiger partial charge is 0.166 e. The number of aromatic hydroxyl groups is 1. The standard InChI is InChI=1S/C17H25NO2/c1-3-4-12(7-8-18-2)9-14-10-13-5-6-15(19)11-16(13)17(14)20/h5-6,11-12,14,18-19H,3-4,7-10H2,1-2H3. The van der Waals surface area contributed by atoms with Gasteiger partial charge in [-0.05, 0) is 56.5 Å². The van der Waals surface area contributed by atoms with Crippen molar-refractivity contribution < 1.29 is 9.90 Å². The summed E-state index contributed by atoms with van der Waals surface area (Å²) in [7, 11) is 1.97. The zero-order chi connectivity index (χ0) is 14.5. The third-order valence-electron chi connectivity index (χ3n) is 4.31. The molecule has 0 amide bonds. The first kappa shape index (κ1) is 15.0. The van der Waals surface area contributed by atoms with Crippen molar-refractivity contribution in [2.75, 3.05) is 13.6 Å². The van der Waals surface area contributed by atoms with E-state index in [1.807, 2.05) is 13.1 Å². The zero-order valence-corrected chi connectivity index (χ0v) is 12.5. The van der Waals surface area contributed by atoms with Gasteiger partial charge in [-0.3, -0.25) is 4.79 Å². The molecule has 0 saturated carbocycles. The molecule has 2 atom stereocenters. The molecule has 0 aliphatic heterocycles. The highest BCUT2D eigenvalue weighted by molar-refractivity contribution is 6.02. The number of rotatable bonds is 7. The van der Waals surface area contributed by atoms with E-state index in [0.717, 1.165) is 36.9 Å². The third-order valence-corrected chi connectivity index (χ3v) is 4.31. The van der Waals surface area contributed by atoms with Crippen LogP contribution in [0.2, 0.25) is 0 Å². The number of carbonyl (C=O) groups excluding carboxylic acids is 1. The summed E-state index contributed by atoms with van der Waals surface area (Å²) in [5.41, 5.74) is 1.83. The molecule has 110 valence electrons. The maximum Gasteiger partial charge on any atom is 0.166 e. The molecule has 1 aromatic carbocycles. The number of fused-ring (bicyclic) bond motifs is 1. The predicted molar refractivity (Wildman–Crippen MR) is 81.2 cm³/mol. The summed E-state index contributed by atoms with van der Waals surface area (Å²) in [4.78, 5) is 12.4. The van der Waals surface area contributed by atoms with E-state index in [2.05, 4.69) is 12.2 Å². The van der Waals surface area contributed by atoms with E-state index < -0.39 is 0 Å². The molecule has 20 heavy (non-hydrogen) atoms. The Morgan fingerprint density at radius 3 is 2.90 bits per heavy atom. The van der Waals surface area contributed by atoms with Crippen LogP contribution < -0.4 is 5.32 Å². The minimum Gasteiger partial charge on any atom is -0.508 e. The van der Waals surface area contributed by atoms with E-state index >= 15 is 0 Å². The van der Waals surface area contributed by atoms with Crippen LogP contribution in [0.3, 0.4) is 0 Å². The minimum atomic E-state index is 0.111. The van der Waals surface area contributed by atoms with Crippen molar-refractivity contribution >= 4 is 5.78 Å². The van der Waals surface area contributed by atoms with Crippen molar-refractivity contribution in [1.82, 2.24) is 5.32 Å². The van der Waals surface area contributed by atoms with Crippen LogP contribution in [0.4, 0.5) is 0 Å². The number of phenols is 1. The summed E-state index contributed by atoms with van der Waals surface area (Å²) < 4.78 is 0. The Morgan fingerprint density at radius 2 is 2.20 bits per heavy atom. The third kappa shape index (κ3) is 3.40. The molecule has 2 unspecified atom stereocenters. The summed E-state index contributed by atoms with van der Waals surface area (Å²) in [6, 6.07) is 5.20. The van der Waals surface area contributed by atoms with Crippen molar-refractivity contribution in [2.45, 2.75) is 39.0 Å². The van der Waals surface area contributed by atoms with E-state index in [-0.39, 0.29) is 17.5 Å². The Balaban J connectivity index is 2.02. The van der Waals surface area contributed by atoms with Gasteiger partial charge < -0.3 is 10.4 Å². The molecule has 0 radical (unpaired) electrons. The second kappa shape index (κ2) is 6.89. The minimum absolute atomic E-state index is 0.111. The lowest BCUT2D eigenvalue weighted by atomic mass is 9.87. The van der Waals surface area contributed by atoms with Gasteiger partial charge in [0.2, 0.25) is 0 Å². The molecular weight excluding hydrogens is 250 g/mol. The monoisotopic (exact) mass is 275 g/mol. The van der Waals surface area contributed by atoms with E-state index in [1.54, 1.807) is 12.1 Å². The van der Waals surface area contributed by atoms with Crippen LogP contribution in [0.1, 0.15) is 48.5 Å². The SMILES string of the molecule is CCCC(CCNC)CC1Cc2ccc(O)cc2C1=O. The van der Waals surface area contributed by atoms with E-state index in [4.69, 9.17) is 0 Å². The molecule has 2 rings (SSSR count). The van der Waals surface area contributed by atoms with E-state index in [0.29, 0.717) is 5.92 Å². The summed E-state index contributed by atoms with van der Waals surface area (Å²) >= 11 is 0. The number of benzene rings is 1. The van der Waals surface area contributed by atoms with Gasteiger partial charge in [-0.15, -0.1) is 0 Å². The fourth-order valence-corrected chi connectivity index (χ4v) is 3.28. The van der Waals surface area contributed by atoms with Crippen LogP contribution in [-0.2, 0) is 6.42 Å². The molecule has 0 bridgehead atoms. The topological polar surface area (TPSA) is 49.3 Å². The Hall–Kier alpha value is -1.35. The highest BCUT2D eigenvalue weighted by Crippen LogP contribution is 2.34. The van der Waals surface area contributed by atoms with Crippen LogP contribution in [0, 0.1) is 11.8 Å². The quantitative estimate of drug-likeness (QED) is 0.803. The van der Waals surface area contributed by atoms with Crippen LogP contribution in [0.5, 0.6) is 5.75 Å². The molecule has 0 saturated heterocycles. The number of Topliss-reactive ketones (excluding diaryl/α,β-unsaturated/α-hetero) is 1. The van der Waals surface area contributed by atoms with Gasteiger partial charge in [0.05, 0.1) is 0 Å². The van der Waals surface area contributed by atoms with Crippen LogP contribution in [0.25, 0.3) is 0 Å². The van der Waals surface area contributed by atoms with Gasteiger partial charge in [0.15, 0.2) is 5.78 Å². The van der Waals surface area contributed by atoms with Crippen molar-refractivity contribution in [1.29, 1.82) is 0 Å². The van der Waals surface area contributed by atoms with Gasteiger partial charge >= 0.3 is 0 Å². The van der Waals surface area contributed by atoms with Gasteiger partial charge in [-0.1, -0.05) is 25.8 Å². The highest BCUT2D eigenvalue weighted by Gasteiger charge is 2.32. The zero-order valence-electron chi connectivity index (χ0n) is 12.5. The number of carbonyl (C=O) groups is 1. The summed E-state index contributed by atoms with van der Waals surface area (Å²) in [5, 5.41) is 12.7. The first-order valence-electron chi connectivity index (χ1n) is 7.66. The average Bonchev–Trinajstić information content (AvgIpc) is 2.73. The van der Waals surface area contributed by atoms with Crippen molar-refractivity contribution in [3.63, 3.8) is 0 Å². The van der Waals surface area contributed by atoms with Crippen LogP contribution in [-0.4, -0.2) is 24.5 Å². The van der Waals surface area contributed by atoms with Crippen molar-refractivity contribution in [2.24, 2.45) is 11.8 Å². The fourth-order valence-electron chi connectivity index (χ4n) is 3.28. The molecule has 0 heterocycles. The van der Waals surface area contributed by atoms with Gasteiger partial charge in [0.25, 0.3) is 0 Å². The lowest BCUT2D eigenvalue weighted by Gasteiger charge is -2.19. The number of hydrogen-bond acceptors (Lipinski definition) is 3. The summed E-state index contributed by atoms with van der Waals surface area (Å²) in [6.07, 6.45) is 5.31. The maximum absolute atomic E-state index is 12.4. The van der Waals surface area contributed by atoms with Gasteiger partial charge in [0.1, 0.15) is 5.75 Å². The molecule has 1 aliphatic rings. The van der Waals surface area contributed by atoms with Gasteiger partial charge in [0, 0.05) is 11.5 Å². The summed E-state index contributed by atoms with van der Waals surface area (Å²) in [6.45, 7) is 3.22.